The van der Waals surface area contributed by atoms with Gasteiger partial charge in [0.15, 0.2) is 11.2 Å². The van der Waals surface area contributed by atoms with E-state index in [-0.39, 0.29) is 0 Å². The molecule has 72 heavy (non-hydrogen) atoms. The minimum atomic E-state index is 0.864. The van der Waals surface area contributed by atoms with Gasteiger partial charge in [0, 0.05) is 44.3 Å². The third kappa shape index (κ3) is 6.40. The lowest BCUT2D eigenvalue weighted by molar-refractivity contribution is 0.668. The summed E-state index contributed by atoms with van der Waals surface area (Å²) in [6.45, 7) is 0. The Morgan fingerprint density at radius 1 is 0.236 bits per heavy atom. The van der Waals surface area contributed by atoms with Crippen molar-refractivity contribution in [1.82, 2.24) is 0 Å². The van der Waals surface area contributed by atoms with Gasteiger partial charge in [-0.15, -0.1) is 0 Å². The van der Waals surface area contributed by atoms with Gasteiger partial charge in [0.05, 0.1) is 11.4 Å². The van der Waals surface area contributed by atoms with E-state index in [4.69, 9.17) is 8.83 Å². The van der Waals surface area contributed by atoms with Crippen molar-refractivity contribution < 1.29 is 8.83 Å². The second-order valence-corrected chi connectivity index (χ2v) is 18.9. The minimum absolute atomic E-state index is 0.864. The van der Waals surface area contributed by atoms with Crippen LogP contribution in [-0.4, -0.2) is 0 Å². The first-order valence-corrected chi connectivity index (χ1v) is 24.6. The molecule has 4 heteroatoms. The third-order valence-corrected chi connectivity index (χ3v) is 14.7. The number of anilines is 6. The molecule has 12 aromatic carbocycles. The van der Waals surface area contributed by atoms with Crippen LogP contribution in [0.5, 0.6) is 0 Å². The molecule has 0 saturated carbocycles. The smallest absolute Gasteiger partial charge is 0.159 e. The van der Waals surface area contributed by atoms with Crippen molar-refractivity contribution in [2.24, 2.45) is 0 Å². The second-order valence-electron chi connectivity index (χ2n) is 18.9. The maximum absolute atomic E-state index is 6.67. The van der Waals surface area contributed by atoms with Gasteiger partial charge in [0.1, 0.15) is 11.2 Å². The number of nitrogens with zero attached hydrogens (tertiary/aromatic N) is 2. The third-order valence-electron chi connectivity index (χ3n) is 14.7. The van der Waals surface area contributed by atoms with Gasteiger partial charge in [-0.25, -0.2) is 0 Å². The molecule has 1 aliphatic carbocycles. The summed E-state index contributed by atoms with van der Waals surface area (Å²) in [5.41, 5.74) is 19.5. The molecule has 0 radical (unpaired) electrons. The topological polar surface area (TPSA) is 32.8 Å². The van der Waals surface area contributed by atoms with Crippen LogP contribution < -0.4 is 9.80 Å². The highest BCUT2D eigenvalue weighted by molar-refractivity contribution is 6.15. The molecule has 0 bridgehead atoms. The summed E-state index contributed by atoms with van der Waals surface area (Å²) in [6.07, 6.45) is 0. The highest BCUT2D eigenvalue weighted by Crippen LogP contribution is 2.52. The van der Waals surface area contributed by atoms with Gasteiger partial charge in [-0.3, -0.25) is 0 Å². The molecule has 1 aliphatic rings. The first-order valence-electron chi connectivity index (χ1n) is 24.6. The fourth-order valence-corrected chi connectivity index (χ4v) is 11.2. The van der Waals surface area contributed by atoms with Gasteiger partial charge in [-0.1, -0.05) is 158 Å². The lowest BCUT2D eigenvalue weighted by Crippen LogP contribution is -2.10. The molecule has 0 amide bonds. The van der Waals surface area contributed by atoms with Gasteiger partial charge < -0.3 is 18.6 Å². The zero-order valence-corrected chi connectivity index (χ0v) is 39.0. The molecular weight excluding hydrogens is 877 g/mol. The van der Waals surface area contributed by atoms with Crippen LogP contribution in [0.1, 0.15) is 0 Å². The Morgan fingerprint density at radius 3 is 1.01 bits per heavy atom. The molecule has 336 valence electrons. The fraction of sp³-hybridized carbons (Fsp3) is 0. The zero-order valence-electron chi connectivity index (χ0n) is 39.0. The SMILES string of the molecule is c1ccc(-c2ccc(N(c3ccc4cc5c(cc4c3)-c3cc4ccc(N(c6ccc(-c7ccccc7)cc6)c6cccc7c6oc6ccccc67)cc4cc3-5)c3cccc4c3oc3ccccc34)cc2)cc1. The molecule has 2 heterocycles. The van der Waals surface area contributed by atoms with E-state index in [1.165, 1.54) is 66.1 Å². The van der Waals surface area contributed by atoms with Gasteiger partial charge in [-0.05, 0) is 163 Å². The van der Waals surface area contributed by atoms with E-state index in [0.717, 1.165) is 78.0 Å². The van der Waals surface area contributed by atoms with Gasteiger partial charge in [0.25, 0.3) is 0 Å². The lowest BCUT2D eigenvalue weighted by atomic mass is 9.78. The van der Waals surface area contributed by atoms with Crippen LogP contribution in [0.3, 0.4) is 0 Å². The zero-order chi connectivity index (χ0) is 47.3. The molecule has 14 aromatic rings. The standard InChI is InChI=1S/C68H42N2O2/c1-3-13-43(14-4-1)45-25-31-51(32-26-45)69(63-21-11-19-57-55-17-7-9-23-65(55)71-67(57)63)53-35-29-47-39-59-61(41-49(47)37-53)60-40-48-30-36-54(38-50(48)42-62(59)60)70(52-33-27-46(28-34-52)44-15-5-2-6-16-44)64-22-12-20-58-56-18-8-10-24-66(56)72-68(58)64/h1-42H. The van der Waals surface area contributed by atoms with Crippen LogP contribution >= 0.6 is 0 Å². The van der Waals surface area contributed by atoms with E-state index >= 15 is 0 Å². The van der Waals surface area contributed by atoms with Crippen molar-refractivity contribution in [3.05, 3.63) is 255 Å². The number of benzene rings is 12. The van der Waals surface area contributed by atoms with Crippen molar-refractivity contribution >= 4 is 99.5 Å². The van der Waals surface area contributed by atoms with E-state index in [0.29, 0.717) is 0 Å². The molecule has 0 saturated heterocycles. The normalized spacial score (nSPS) is 11.9. The van der Waals surface area contributed by atoms with Crippen molar-refractivity contribution in [2.75, 3.05) is 9.80 Å². The van der Waals surface area contributed by atoms with E-state index in [2.05, 4.69) is 252 Å². The van der Waals surface area contributed by atoms with Gasteiger partial charge >= 0.3 is 0 Å². The quantitative estimate of drug-likeness (QED) is 0.152. The van der Waals surface area contributed by atoms with Crippen LogP contribution in [0.15, 0.2) is 264 Å². The van der Waals surface area contributed by atoms with Crippen LogP contribution in [0.2, 0.25) is 0 Å². The molecule has 0 spiro atoms. The van der Waals surface area contributed by atoms with E-state index < -0.39 is 0 Å². The van der Waals surface area contributed by atoms with Crippen LogP contribution in [-0.2, 0) is 0 Å². The van der Waals surface area contributed by atoms with Gasteiger partial charge in [0.2, 0.25) is 0 Å². The fourth-order valence-electron chi connectivity index (χ4n) is 11.2. The maximum atomic E-state index is 6.67. The van der Waals surface area contributed by atoms with E-state index in [9.17, 15) is 0 Å². The molecule has 0 aliphatic heterocycles. The Morgan fingerprint density at radius 2 is 0.583 bits per heavy atom. The average molecular weight is 919 g/mol. The predicted octanol–water partition coefficient (Wildman–Crippen LogP) is 19.7. The summed E-state index contributed by atoms with van der Waals surface area (Å²) >= 11 is 0. The number of fused-ring (bicyclic) bond motifs is 12. The Labute approximate surface area is 415 Å². The maximum Gasteiger partial charge on any atom is 0.159 e. The highest BCUT2D eigenvalue weighted by Gasteiger charge is 2.26. The Hall–Kier alpha value is -9.64. The molecule has 0 fully saturated rings. The molecular formula is C68H42N2O2. The molecule has 2 aromatic heterocycles. The van der Waals surface area contributed by atoms with Crippen LogP contribution in [0.4, 0.5) is 34.1 Å². The molecule has 0 N–H and O–H groups in total. The molecule has 15 rings (SSSR count). The number of rotatable bonds is 8. The van der Waals surface area contributed by atoms with Crippen molar-refractivity contribution in [3.63, 3.8) is 0 Å². The van der Waals surface area contributed by atoms with Crippen molar-refractivity contribution in [3.8, 4) is 44.5 Å². The number of furan rings is 2. The minimum Gasteiger partial charge on any atom is -0.454 e. The first-order chi connectivity index (χ1) is 35.7. The summed E-state index contributed by atoms with van der Waals surface area (Å²) < 4.78 is 13.3. The monoisotopic (exact) mass is 918 g/mol. The lowest BCUT2D eigenvalue weighted by Gasteiger charge is -2.28. The van der Waals surface area contributed by atoms with Gasteiger partial charge in [-0.2, -0.15) is 0 Å². The Bertz CT molecular complexity index is 4130. The van der Waals surface area contributed by atoms with Crippen LogP contribution in [0.25, 0.3) is 110 Å². The summed E-state index contributed by atoms with van der Waals surface area (Å²) in [6, 6.07) is 91.6. The number of para-hydroxylation sites is 4. The van der Waals surface area contributed by atoms with Crippen molar-refractivity contribution in [2.45, 2.75) is 0 Å². The van der Waals surface area contributed by atoms with Crippen LogP contribution in [0, 0.1) is 0 Å². The highest BCUT2D eigenvalue weighted by atomic mass is 16.3. The number of hydrogen-bond acceptors (Lipinski definition) is 4. The largest absolute Gasteiger partial charge is 0.454 e. The Balaban J connectivity index is 0.827. The van der Waals surface area contributed by atoms with E-state index in [1.807, 2.05) is 12.1 Å². The Kier molecular flexibility index (Phi) is 8.92. The van der Waals surface area contributed by atoms with Crippen molar-refractivity contribution in [1.29, 1.82) is 0 Å². The summed E-state index contributed by atoms with van der Waals surface area (Å²) in [5.74, 6) is 0. The first kappa shape index (κ1) is 40.3. The second kappa shape index (κ2) is 16.0. The summed E-state index contributed by atoms with van der Waals surface area (Å²) in [4.78, 5) is 4.68. The average Bonchev–Trinajstić information content (AvgIpc) is 4.03. The summed E-state index contributed by atoms with van der Waals surface area (Å²) in [5, 5.41) is 9.18. The molecule has 0 unspecified atom stereocenters. The molecule has 0 atom stereocenters. The number of hydrogen-bond donors (Lipinski definition) is 0. The summed E-state index contributed by atoms with van der Waals surface area (Å²) in [7, 11) is 0. The predicted molar refractivity (Wildman–Crippen MR) is 301 cm³/mol. The van der Waals surface area contributed by atoms with E-state index in [1.54, 1.807) is 0 Å². The molecule has 4 nitrogen and oxygen atoms in total.